The monoisotopic (exact) mass is 489 g/mol. The lowest BCUT2D eigenvalue weighted by atomic mass is 10.1. The molecule has 0 atom stereocenters. The highest BCUT2D eigenvalue weighted by atomic mass is 16.6. The number of hydrogen-bond donors (Lipinski definition) is 1. The van der Waals surface area contributed by atoms with E-state index in [0.29, 0.717) is 16.7 Å². The summed E-state index contributed by atoms with van der Waals surface area (Å²) in [7, 11) is 1.30. The average molecular weight is 489 g/mol. The van der Waals surface area contributed by atoms with Gasteiger partial charge in [0.05, 0.1) is 47.0 Å². The van der Waals surface area contributed by atoms with Crippen LogP contribution in [0.15, 0.2) is 66.7 Å². The summed E-state index contributed by atoms with van der Waals surface area (Å²) in [6.45, 7) is -0.559. The first-order valence-electron chi connectivity index (χ1n) is 10.6. The minimum Gasteiger partial charge on any atom is -0.494 e. The van der Waals surface area contributed by atoms with Crippen molar-refractivity contribution < 1.29 is 33.6 Å². The van der Waals surface area contributed by atoms with E-state index in [2.05, 4.69) is 5.32 Å². The molecule has 0 aliphatic carbocycles. The summed E-state index contributed by atoms with van der Waals surface area (Å²) in [6.07, 6.45) is 0. The van der Waals surface area contributed by atoms with Gasteiger partial charge in [-0.3, -0.25) is 29.4 Å². The Labute approximate surface area is 204 Å². The molecular weight excluding hydrogens is 470 g/mol. The van der Waals surface area contributed by atoms with E-state index in [-0.39, 0.29) is 41.0 Å². The molecule has 11 nitrogen and oxygen atoms in total. The number of rotatable bonds is 8. The first kappa shape index (κ1) is 24.1. The Morgan fingerprint density at radius 2 is 1.61 bits per heavy atom. The van der Waals surface area contributed by atoms with Crippen molar-refractivity contribution in [1.82, 2.24) is 4.90 Å². The van der Waals surface area contributed by atoms with E-state index in [1.165, 1.54) is 31.4 Å². The summed E-state index contributed by atoms with van der Waals surface area (Å²) in [5.41, 5.74) is 1.48. The van der Waals surface area contributed by atoms with Crippen molar-refractivity contribution in [3.8, 4) is 5.75 Å². The third kappa shape index (κ3) is 4.89. The fourth-order valence-electron chi connectivity index (χ4n) is 3.61. The summed E-state index contributed by atoms with van der Waals surface area (Å²) in [5.74, 6) is -2.10. The van der Waals surface area contributed by atoms with Crippen molar-refractivity contribution in [1.29, 1.82) is 0 Å². The van der Waals surface area contributed by atoms with Crippen LogP contribution in [0.3, 0.4) is 0 Å². The summed E-state index contributed by atoms with van der Waals surface area (Å²) in [6, 6.07) is 16.4. The van der Waals surface area contributed by atoms with E-state index in [9.17, 15) is 29.3 Å². The number of carbonyl (C=O) groups is 4. The van der Waals surface area contributed by atoms with E-state index in [4.69, 9.17) is 9.47 Å². The van der Waals surface area contributed by atoms with Crippen molar-refractivity contribution in [2.24, 2.45) is 0 Å². The molecule has 11 heteroatoms. The van der Waals surface area contributed by atoms with Gasteiger partial charge in [0.25, 0.3) is 23.4 Å². The minimum atomic E-state index is -0.756. The molecule has 0 fully saturated rings. The molecule has 0 aromatic heterocycles. The van der Waals surface area contributed by atoms with Gasteiger partial charge < -0.3 is 14.8 Å². The van der Waals surface area contributed by atoms with Crippen molar-refractivity contribution in [2.45, 2.75) is 6.54 Å². The van der Waals surface area contributed by atoms with E-state index in [0.717, 1.165) is 11.0 Å². The third-order valence-electron chi connectivity index (χ3n) is 5.41. The first-order chi connectivity index (χ1) is 17.3. The number of non-ortho nitro benzene ring substituents is 1. The topological polar surface area (TPSA) is 145 Å². The Bertz CT molecular complexity index is 1350. The Hall–Kier alpha value is -5.06. The fraction of sp³-hybridized carbons (Fsp3) is 0.120. The number of nitro groups is 1. The van der Waals surface area contributed by atoms with Crippen LogP contribution in [0.2, 0.25) is 0 Å². The van der Waals surface area contributed by atoms with Crippen LogP contribution in [0.25, 0.3) is 0 Å². The van der Waals surface area contributed by atoms with Gasteiger partial charge in [-0.1, -0.05) is 24.3 Å². The SMILES string of the molecule is COc1cc([N+](=O)[O-])ccc1NC(=O)COC(=O)c1ccc(CN2C(=O)c3ccccc3C2=O)cc1. The van der Waals surface area contributed by atoms with Gasteiger partial charge in [-0.2, -0.15) is 0 Å². The molecular formula is C25H19N3O8. The maximum absolute atomic E-state index is 12.5. The van der Waals surface area contributed by atoms with Crippen LogP contribution in [-0.2, 0) is 16.1 Å². The molecule has 1 aliphatic heterocycles. The van der Waals surface area contributed by atoms with Crippen LogP contribution >= 0.6 is 0 Å². The largest absolute Gasteiger partial charge is 0.494 e. The fourth-order valence-corrected chi connectivity index (χ4v) is 3.61. The number of benzene rings is 3. The number of imide groups is 1. The summed E-state index contributed by atoms with van der Waals surface area (Å²) in [5, 5.41) is 13.3. The first-order valence-corrected chi connectivity index (χ1v) is 10.6. The van der Waals surface area contributed by atoms with Gasteiger partial charge in [0, 0.05) is 6.07 Å². The number of nitro benzene ring substituents is 1. The molecule has 1 heterocycles. The number of amides is 3. The maximum atomic E-state index is 12.5. The predicted octanol–water partition coefficient (Wildman–Crippen LogP) is 3.20. The molecule has 3 aromatic rings. The van der Waals surface area contributed by atoms with E-state index < -0.39 is 23.4 Å². The number of methoxy groups -OCH3 is 1. The average Bonchev–Trinajstić information content (AvgIpc) is 3.12. The standard InChI is InChI=1S/C25H19N3O8/c1-35-21-12-17(28(33)34)10-11-20(21)26-22(29)14-36-25(32)16-8-6-15(7-9-16)13-27-23(30)18-4-2-3-5-19(18)24(27)31/h2-12H,13-14H2,1H3,(H,26,29). The highest BCUT2D eigenvalue weighted by molar-refractivity contribution is 6.21. The summed E-state index contributed by atoms with van der Waals surface area (Å²) >= 11 is 0. The van der Waals surface area contributed by atoms with Gasteiger partial charge in [-0.25, -0.2) is 4.79 Å². The summed E-state index contributed by atoms with van der Waals surface area (Å²) in [4.78, 5) is 60.9. The number of anilines is 1. The normalized spacial score (nSPS) is 12.2. The van der Waals surface area contributed by atoms with Crippen molar-refractivity contribution in [3.05, 3.63) is 99.1 Å². The molecule has 0 saturated carbocycles. The molecule has 0 saturated heterocycles. The molecule has 3 aromatic carbocycles. The molecule has 182 valence electrons. The smallest absolute Gasteiger partial charge is 0.338 e. The summed E-state index contributed by atoms with van der Waals surface area (Å²) < 4.78 is 10.1. The molecule has 0 radical (unpaired) electrons. The second-order valence-electron chi connectivity index (χ2n) is 7.70. The Balaban J connectivity index is 1.32. The number of esters is 1. The van der Waals surface area contributed by atoms with Crippen LogP contribution in [0.4, 0.5) is 11.4 Å². The van der Waals surface area contributed by atoms with Crippen LogP contribution in [0, 0.1) is 10.1 Å². The van der Waals surface area contributed by atoms with Crippen LogP contribution in [-0.4, -0.2) is 47.2 Å². The van der Waals surface area contributed by atoms with Crippen LogP contribution in [0.1, 0.15) is 36.6 Å². The second kappa shape index (κ2) is 10.1. The van der Waals surface area contributed by atoms with E-state index >= 15 is 0 Å². The van der Waals surface area contributed by atoms with Crippen molar-refractivity contribution in [2.75, 3.05) is 19.0 Å². The number of hydrogen-bond acceptors (Lipinski definition) is 8. The van der Waals surface area contributed by atoms with Gasteiger partial charge in [-0.15, -0.1) is 0 Å². The number of nitrogens with zero attached hydrogens (tertiary/aromatic N) is 2. The molecule has 1 aliphatic rings. The molecule has 3 amide bonds. The number of carbonyl (C=O) groups excluding carboxylic acids is 4. The van der Waals surface area contributed by atoms with Gasteiger partial charge in [0.1, 0.15) is 5.75 Å². The lowest BCUT2D eigenvalue weighted by molar-refractivity contribution is -0.384. The molecule has 36 heavy (non-hydrogen) atoms. The quantitative estimate of drug-likeness (QED) is 0.220. The van der Waals surface area contributed by atoms with E-state index in [1.54, 1.807) is 36.4 Å². The van der Waals surface area contributed by atoms with E-state index in [1.807, 2.05) is 0 Å². The number of nitrogens with one attached hydrogen (secondary N) is 1. The molecule has 1 N–H and O–H groups in total. The molecule has 0 spiro atoms. The van der Waals surface area contributed by atoms with Crippen LogP contribution in [0.5, 0.6) is 5.75 Å². The Morgan fingerprint density at radius 1 is 0.972 bits per heavy atom. The van der Waals surface area contributed by atoms with Gasteiger partial charge in [-0.05, 0) is 35.9 Å². The highest BCUT2D eigenvalue weighted by Gasteiger charge is 2.34. The Kier molecular flexibility index (Phi) is 6.72. The van der Waals surface area contributed by atoms with Crippen LogP contribution < -0.4 is 10.1 Å². The predicted molar refractivity (Wildman–Crippen MR) is 126 cm³/mol. The highest BCUT2D eigenvalue weighted by Crippen LogP contribution is 2.29. The molecule has 0 unspecified atom stereocenters. The maximum Gasteiger partial charge on any atom is 0.338 e. The van der Waals surface area contributed by atoms with Crippen molar-refractivity contribution >= 4 is 35.1 Å². The molecule has 0 bridgehead atoms. The molecule has 4 rings (SSSR count). The number of ether oxygens (including phenoxy) is 2. The van der Waals surface area contributed by atoms with Gasteiger partial charge in [0.2, 0.25) is 0 Å². The lowest BCUT2D eigenvalue weighted by Gasteiger charge is -2.14. The van der Waals surface area contributed by atoms with Crippen molar-refractivity contribution in [3.63, 3.8) is 0 Å². The number of fused-ring (bicyclic) bond motifs is 1. The third-order valence-corrected chi connectivity index (χ3v) is 5.41. The van der Waals surface area contributed by atoms with Gasteiger partial charge >= 0.3 is 5.97 Å². The minimum absolute atomic E-state index is 0.0428. The zero-order valence-electron chi connectivity index (χ0n) is 18.9. The lowest BCUT2D eigenvalue weighted by Crippen LogP contribution is -2.29. The van der Waals surface area contributed by atoms with Gasteiger partial charge in [0.15, 0.2) is 6.61 Å². The zero-order chi connectivity index (χ0) is 25.8. The second-order valence-corrected chi connectivity index (χ2v) is 7.70. The Morgan fingerprint density at radius 3 is 2.19 bits per heavy atom. The zero-order valence-corrected chi connectivity index (χ0v) is 18.9.